The van der Waals surface area contributed by atoms with Gasteiger partial charge in [0.15, 0.2) is 0 Å². The maximum absolute atomic E-state index is 12.8. The molecule has 4 heteroatoms. The summed E-state index contributed by atoms with van der Waals surface area (Å²) in [5.41, 5.74) is 1.93. The van der Waals surface area contributed by atoms with Crippen molar-refractivity contribution in [2.24, 2.45) is 0 Å². The first-order chi connectivity index (χ1) is 8.08. The Morgan fingerprint density at radius 3 is 2.29 bits per heavy atom. The van der Waals surface area contributed by atoms with Crippen LogP contribution in [0.15, 0.2) is 46.9 Å². The number of halogens is 4. The Morgan fingerprint density at radius 1 is 1.06 bits per heavy atom. The highest BCUT2D eigenvalue weighted by molar-refractivity contribution is 9.10. The summed E-state index contributed by atoms with van der Waals surface area (Å²) in [4.78, 5) is -0.0382. The molecule has 0 heterocycles. The summed E-state index contributed by atoms with van der Waals surface area (Å²) >= 11 is 13.1. The molecule has 88 valence electrons. The standard InChI is InChI=1S/C13H8Br2ClF/c14-9-3-6-11(12(16)7-9)13(15)8-1-4-10(17)5-2-8/h1-7,13H. The van der Waals surface area contributed by atoms with E-state index in [9.17, 15) is 4.39 Å². The van der Waals surface area contributed by atoms with Gasteiger partial charge in [-0.25, -0.2) is 4.39 Å². The molecule has 0 nitrogen and oxygen atoms in total. The normalized spacial score (nSPS) is 12.5. The molecule has 2 aromatic rings. The molecule has 0 bridgehead atoms. The van der Waals surface area contributed by atoms with Crippen molar-refractivity contribution in [2.75, 3.05) is 0 Å². The Balaban J connectivity index is 2.36. The van der Waals surface area contributed by atoms with E-state index in [2.05, 4.69) is 31.9 Å². The summed E-state index contributed by atoms with van der Waals surface area (Å²) in [7, 11) is 0. The molecule has 0 spiro atoms. The fourth-order valence-electron chi connectivity index (χ4n) is 1.52. The van der Waals surface area contributed by atoms with Gasteiger partial charge in [-0.3, -0.25) is 0 Å². The van der Waals surface area contributed by atoms with E-state index in [4.69, 9.17) is 11.6 Å². The first-order valence-electron chi connectivity index (χ1n) is 4.92. The lowest BCUT2D eigenvalue weighted by Gasteiger charge is -2.12. The molecule has 1 atom stereocenters. The first-order valence-corrected chi connectivity index (χ1v) is 7.01. The predicted octanol–water partition coefficient (Wildman–Crippen LogP) is 5.73. The molecule has 17 heavy (non-hydrogen) atoms. The van der Waals surface area contributed by atoms with Crippen LogP contribution in [-0.2, 0) is 0 Å². The second kappa shape index (κ2) is 5.51. The van der Waals surface area contributed by atoms with Gasteiger partial charge in [-0.2, -0.15) is 0 Å². The van der Waals surface area contributed by atoms with Crippen LogP contribution in [0.4, 0.5) is 4.39 Å². The van der Waals surface area contributed by atoms with Crippen LogP contribution in [0, 0.1) is 5.82 Å². The average Bonchev–Trinajstić information content (AvgIpc) is 2.29. The van der Waals surface area contributed by atoms with E-state index in [1.807, 2.05) is 18.2 Å². The van der Waals surface area contributed by atoms with Gasteiger partial charge in [0.05, 0.1) is 4.83 Å². The van der Waals surface area contributed by atoms with Crippen LogP contribution < -0.4 is 0 Å². The van der Waals surface area contributed by atoms with E-state index in [1.165, 1.54) is 12.1 Å². The molecule has 1 unspecified atom stereocenters. The number of rotatable bonds is 2. The molecular formula is C13H8Br2ClF. The molecule has 0 saturated carbocycles. The lowest BCUT2D eigenvalue weighted by atomic mass is 10.0. The maximum Gasteiger partial charge on any atom is 0.123 e. The van der Waals surface area contributed by atoms with Crippen LogP contribution in [0.3, 0.4) is 0 Å². The van der Waals surface area contributed by atoms with Crippen molar-refractivity contribution in [3.05, 3.63) is 68.9 Å². The molecule has 0 N–H and O–H groups in total. The molecule has 0 aliphatic rings. The molecular weight excluding hydrogens is 370 g/mol. The predicted molar refractivity (Wildman–Crippen MR) is 76.3 cm³/mol. The van der Waals surface area contributed by atoms with Crippen LogP contribution in [0.5, 0.6) is 0 Å². The largest absolute Gasteiger partial charge is 0.207 e. The van der Waals surface area contributed by atoms with Gasteiger partial charge in [0.25, 0.3) is 0 Å². The van der Waals surface area contributed by atoms with E-state index < -0.39 is 0 Å². The highest BCUT2D eigenvalue weighted by atomic mass is 79.9. The lowest BCUT2D eigenvalue weighted by molar-refractivity contribution is 0.627. The highest BCUT2D eigenvalue weighted by Gasteiger charge is 2.13. The zero-order valence-electron chi connectivity index (χ0n) is 8.63. The third-order valence-corrected chi connectivity index (χ3v) is 4.24. The highest BCUT2D eigenvalue weighted by Crippen LogP contribution is 2.36. The van der Waals surface area contributed by atoms with Crippen molar-refractivity contribution in [3.8, 4) is 0 Å². The topological polar surface area (TPSA) is 0 Å². The Hall–Kier alpha value is -0.380. The third-order valence-electron chi connectivity index (χ3n) is 2.40. The average molecular weight is 378 g/mol. The fraction of sp³-hybridized carbons (Fsp3) is 0.0769. The number of hydrogen-bond donors (Lipinski definition) is 0. The van der Waals surface area contributed by atoms with Crippen molar-refractivity contribution < 1.29 is 4.39 Å². The summed E-state index contributed by atoms with van der Waals surface area (Å²) in [5, 5.41) is 0.672. The van der Waals surface area contributed by atoms with E-state index in [0.29, 0.717) is 5.02 Å². The number of hydrogen-bond acceptors (Lipinski definition) is 0. The second-order valence-corrected chi connectivity index (χ2v) is 5.82. The van der Waals surface area contributed by atoms with Crippen LogP contribution in [0.2, 0.25) is 5.02 Å². The summed E-state index contributed by atoms with van der Waals surface area (Å²) in [6.45, 7) is 0. The van der Waals surface area contributed by atoms with Crippen LogP contribution in [0.1, 0.15) is 16.0 Å². The minimum atomic E-state index is -0.240. The summed E-state index contributed by atoms with van der Waals surface area (Å²) in [6, 6.07) is 12.1. The van der Waals surface area contributed by atoms with Crippen molar-refractivity contribution in [2.45, 2.75) is 4.83 Å². The fourth-order valence-corrected chi connectivity index (χ4v) is 3.14. The van der Waals surface area contributed by atoms with Crippen LogP contribution in [-0.4, -0.2) is 0 Å². The molecule has 0 fully saturated rings. The molecule has 0 aliphatic carbocycles. The van der Waals surface area contributed by atoms with Crippen molar-refractivity contribution >= 4 is 43.5 Å². The van der Waals surface area contributed by atoms with E-state index in [1.54, 1.807) is 12.1 Å². The van der Waals surface area contributed by atoms with Gasteiger partial charge < -0.3 is 0 Å². The smallest absolute Gasteiger partial charge is 0.123 e. The van der Waals surface area contributed by atoms with Crippen molar-refractivity contribution in [3.63, 3.8) is 0 Å². The molecule has 0 amide bonds. The van der Waals surface area contributed by atoms with E-state index in [-0.39, 0.29) is 10.6 Å². The summed E-state index contributed by atoms with van der Waals surface area (Å²) in [5.74, 6) is -0.240. The Bertz CT molecular complexity index is 525. The van der Waals surface area contributed by atoms with E-state index in [0.717, 1.165) is 15.6 Å². The van der Waals surface area contributed by atoms with Gasteiger partial charge >= 0.3 is 0 Å². The summed E-state index contributed by atoms with van der Waals surface area (Å²) in [6.07, 6.45) is 0. The van der Waals surface area contributed by atoms with Gasteiger partial charge in [-0.15, -0.1) is 0 Å². The zero-order valence-corrected chi connectivity index (χ0v) is 12.6. The molecule has 0 aliphatic heterocycles. The molecule has 0 aromatic heterocycles. The third kappa shape index (κ3) is 3.09. The van der Waals surface area contributed by atoms with Gasteiger partial charge in [0, 0.05) is 9.50 Å². The Morgan fingerprint density at radius 2 is 1.71 bits per heavy atom. The molecule has 0 radical (unpaired) electrons. The molecule has 2 aromatic carbocycles. The Kier molecular flexibility index (Phi) is 4.23. The SMILES string of the molecule is Fc1ccc(C(Br)c2ccc(Br)cc2Cl)cc1. The minimum Gasteiger partial charge on any atom is -0.207 e. The van der Waals surface area contributed by atoms with Crippen LogP contribution >= 0.6 is 43.5 Å². The van der Waals surface area contributed by atoms with Crippen molar-refractivity contribution in [1.82, 2.24) is 0 Å². The lowest BCUT2D eigenvalue weighted by Crippen LogP contribution is -1.94. The second-order valence-electron chi connectivity index (χ2n) is 3.58. The summed E-state index contributed by atoms with van der Waals surface area (Å²) < 4.78 is 13.8. The minimum absolute atomic E-state index is 0.0382. The Labute approximate surface area is 121 Å². The van der Waals surface area contributed by atoms with Gasteiger partial charge in [0.2, 0.25) is 0 Å². The van der Waals surface area contributed by atoms with Crippen molar-refractivity contribution in [1.29, 1.82) is 0 Å². The quantitative estimate of drug-likeness (QED) is 0.586. The molecule has 0 saturated heterocycles. The first kappa shape index (κ1) is 13.1. The zero-order chi connectivity index (χ0) is 12.4. The molecule has 2 rings (SSSR count). The maximum atomic E-state index is 12.8. The van der Waals surface area contributed by atoms with Gasteiger partial charge in [-0.05, 0) is 35.4 Å². The van der Waals surface area contributed by atoms with Gasteiger partial charge in [0.1, 0.15) is 5.82 Å². The monoisotopic (exact) mass is 376 g/mol. The van der Waals surface area contributed by atoms with Gasteiger partial charge in [-0.1, -0.05) is 61.7 Å². The van der Waals surface area contributed by atoms with Crippen LogP contribution in [0.25, 0.3) is 0 Å². The number of benzene rings is 2. The van der Waals surface area contributed by atoms with E-state index >= 15 is 0 Å². The number of alkyl halides is 1.